The first-order valence-corrected chi connectivity index (χ1v) is 12.3. The molecule has 2 aliphatic rings. The van der Waals surface area contributed by atoms with Gasteiger partial charge in [0.2, 0.25) is 5.91 Å². The fraction of sp³-hybridized carbons (Fsp3) is 0.615. The van der Waals surface area contributed by atoms with E-state index in [1.165, 1.54) is 56.2 Å². The van der Waals surface area contributed by atoms with Crippen LogP contribution in [0.2, 0.25) is 0 Å². The molecule has 2 fully saturated rings. The van der Waals surface area contributed by atoms with Gasteiger partial charge in [0.25, 0.3) is 0 Å². The number of benzene rings is 1. The Morgan fingerprint density at radius 2 is 2.06 bits per heavy atom. The normalized spacial score (nSPS) is 20.2. The maximum atomic E-state index is 12.6. The summed E-state index contributed by atoms with van der Waals surface area (Å²) in [6, 6.07) is 5.76. The van der Waals surface area contributed by atoms with Gasteiger partial charge in [0.05, 0.1) is 13.3 Å². The lowest BCUT2D eigenvalue weighted by Crippen LogP contribution is -2.35. The van der Waals surface area contributed by atoms with E-state index in [4.69, 9.17) is 4.74 Å². The molecule has 2 N–H and O–H groups in total. The van der Waals surface area contributed by atoms with Crippen LogP contribution in [0.1, 0.15) is 80.5 Å². The second kappa shape index (κ2) is 11.0. The highest BCUT2D eigenvalue weighted by molar-refractivity contribution is 5.91. The summed E-state index contributed by atoms with van der Waals surface area (Å²) in [6.07, 6.45) is 12.6. The fourth-order valence-electron chi connectivity index (χ4n) is 5.41. The first kappa shape index (κ1) is 22.8. The molecule has 2 aromatic rings. The number of aromatic nitrogens is 2. The topological polar surface area (TPSA) is 70.2 Å². The first-order chi connectivity index (χ1) is 15.6. The van der Waals surface area contributed by atoms with Crippen LogP contribution in [-0.2, 0) is 11.3 Å². The number of anilines is 1. The molecule has 0 radical (unpaired) electrons. The number of nitrogens with zero attached hydrogens (tertiary/aromatic N) is 2. The van der Waals surface area contributed by atoms with Crippen LogP contribution in [-0.4, -0.2) is 41.2 Å². The summed E-state index contributed by atoms with van der Waals surface area (Å²) in [4.78, 5) is 15.1. The van der Waals surface area contributed by atoms with Crippen molar-refractivity contribution in [3.05, 3.63) is 41.2 Å². The molecule has 1 aromatic carbocycles. The van der Waals surface area contributed by atoms with Crippen LogP contribution in [0.15, 0.2) is 24.4 Å². The number of nitrogens with one attached hydrogen (secondary N) is 2. The molecule has 1 amide bonds. The molecule has 1 aliphatic heterocycles. The van der Waals surface area contributed by atoms with Crippen molar-refractivity contribution in [2.45, 2.75) is 77.2 Å². The van der Waals surface area contributed by atoms with Gasteiger partial charge in [0.15, 0.2) is 0 Å². The number of H-pyrrole nitrogens is 1. The zero-order chi connectivity index (χ0) is 22.3. The highest BCUT2D eigenvalue weighted by Crippen LogP contribution is 2.34. The molecule has 0 unspecified atom stereocenters. The zero-order valence-electron chi connectivity index (χ0n) is 19.7. The molecule has 1 aliphatic carbocycles. The predicted octanol–water partition coefficient (Wildman–Crippen LogP) is 5.41. The van der Waals surface area contributed by atoms with E-state index in [0.717, 1.165) is 43.1 Å². The molecule has 1 saturated carbocycles. The van der Waals surface area contributed by atoms with Gasteiger partial charge in [0, 0.05) is 42.4 Å². The second-order valence-electron chi connectivity index (χ2n) is 9.65. The Bertz CT molecular complexity index is 888. The molecule has 1 atom stereocenters. The molecule has 2 heterocycles. The summed E-state index contributed by atoms with van der Waals surface area (Å²) >= 11 is 0. The van der Waals surface area contributed by atoms with E-state index in [9.17, 15) is 4.79 Å². The molecular formula is C26H38N4O2. The van der Waals surface area contributed by atoms with Gasteiger partial charge < -0.3 is 10.1 Å². The Kier molecular flexibility index (Phi) is 7.85. The van der Waals surface area contributed by atoms with Crippen LogP contribution in [0.25, 0.3) is 0 Å². The van der Waals surface area contributed by atoms with Crippen molar-refractivity contribution in [2.75, 3.05) is 25.5 Å². The van der Waals surface area contributed by atoms with Crippen LogP contribution < -0.4 is 10.1 Å². The number of methoxy groups -OCH3 is 1. The number of ether oxygens (including phenoxy) is 1. The number of hydrogen-bond donors (Lipinski definition) is 2. The Morgan fingerprint density at radius 3 is 2.84 bits per heavy atom. The lowest BCUT2D eigenvalue weighted by molar-refractivity contribution is -0.116. The third-order valence-corrected chi connectivity index (χ3v) is 7.25. The SMILES string of the molecule is COc1ccc(NC(=O)CC[C@@H]2CCCN(Cc3cn[nH]c3C3CCCCC3)C2)c(C)c1. The van der Waals surface area contributed by atoms with Crippen molar-refractivity contribution in [2.24, 2.45) is 5.92 Å². The van der Waals surface area contributed by atoms with Crippen LogP contribution >= 0.6 is 0 Å². The van der Waals surface area contributed by atoms with Gasteiger partial charge in [0.1, 0.15) is 5.75 Å². The van der Waals surface area contributed by atoms with Gasteiger partial charge in [-0.1, -0.05) is 19.3 Å². The first-order valence-electron chi connectivity index (χ1n) is 12.3. The molecule has 6 nitrogen and oxygen atoms in total. The largest absolute Gasteiger partial charge is 0.497 e. The molecule has 32 heavy (non-hydrogen) atoms. The Hall–Kier alpha value is -2.34. The molecule has 6 heteroatoms. The van der Waals surface area contributed by atoms with Gasteiger partial charge in [-0.15, -0.1) is 0 Å². The van der Waals surface area contributed by atoms with Crippen LogP contribution in [0, 0.1) is 12.8 Å². The quantitative estimate of drug-likeness (QED) is 0.578. The highest BCUT2D eigenvalue weighted by Gasteiger charge is 2.24. The third-order valence-electron chi connectivity index (χ3n) is 7.25. The smallest absolute Gasteiger partial charge is 0.224 e. The summed E-state index contributed by atoms with van der Waals surface area (Å²) in [6.45, 7) is 5.19. The zero-order valence-corrected chi connectivity index (χ0v) is 19.7. The number of aryl methyl sites for hydroxylation is 1. The Morgan fingerprint density at radius 1 is 1.22 bits per heavy atom. The van der Waals surface area contributed by atoms with Crippen molar-refractivity contribution < 1.29 is 9.53 Å². The van der Waals surface area contributed by atoms with Gasteiger partial charge in [-0.3, -0.25) is 14.8 Å². The van der Waals surface area contributed by atoms with Gasteiger partial charge in [-0.05, 0) is 75.3 Å². The van der Waals surface area contributed by atoms with E-state index < -0.39 is 0 Å². The molecule has 174 valence electrons. The van der Waals surface area contributed by atoms with Crippen molar-refractivity contribution in [1.29, 1.82) is 0 Å². The van der Waals surface area contributed by atoms with Gasteiger partial charge in [-0.2, -0.15) is 5.10 Å². The van der Waals surface area contributed by atoms with Gasteiger partial charge in [-0.25, -0.2) is 0 Å². The minimum atomic E-state index is 0.102. The lowest BCUT2D eigenvalue weighted by atomic mass is 9.85. The van der Waals surface area contributed by atoms with Crippen molar-refractivity contribution in [3.8, 4) is 5.75 Å². The standard InChI is InChI=1S/C26H38N4O2/c1-19-15-23(32-2)11-12-24(19)28-25(31)13-10-20-7-6-14-30(17-20)18-22-16-27-29-26(22)21-8-4-3-5-9-21/h11-12,15-16,20-21H,3-10,13-14,17-18H2,1-2H3,(H,27,29)(H,28,31)/t20-/m0/s1. The molecule has 1 aromatic heterocycles. The number of piperidine rings is 1. The summed E-state index contributed by atoms with van der Waals surface area (Å²) in [5, 5.41) is 10.8. The number of likely N-dealkylation sites (tertiary alicyclic amines) is 1. The Balaban J connectivity index is 1.26. The second-order valence-corrected chi connectivity index (χ2v) is 9.65. The number of amides is 1. The monoisotopic (exact) mass is 438 g/mol. The van der Waals surface area contributed by atoms with Gasteiger partial charge >= 0.3 is 0 Å². The number of rotatable bonds is 8. The summed E-state index contributed by atoms with van der Waals surface area (Å²) < 4.78 is 5.25. The average molecular weight is 439 g/mol. The van der Waals surface area contributed by atoms with Crippen molar-refractivity contribution in [1.82, 2.24) is 15.1 Å². The number of carbonyl (C=O) groups is 1. The average Bonchev–Trinajstić information content (AvgIpc) is 3.28. The minimum Gasteiger partial charge on any atom is -0.497 e. The van der Waals surface area contributed by atoms with E-state index in [1.807, 2.05) is 31.3 Å². The van der Waals surface area contributed by atoms with E-state index >= 15 is 0 Å². The maximum Gasteiger partial charge on any atom is 0.224 e. The van der Waals surface area contributed by atoms with Crippen molar-refractivity contribution >= 4 is 11.6 Å². The molecule has 1 saturated heterocycles. The van der Waals surface area contributed by atoms with E-state index in [1.54, 1.807) is 7.11 Å². The molecular weight excluding hydrogens is 400 g/mol. The van der Waals surface area contributed by atoms with Crippen LogP contribution in [0.3, 0.4) is 0 Å². The lowest BCUT2D eigenvalue weighted by Gasteiger charge is -2.33. The summed E-state index contributed by atoms with van der Waals surface area (Å²) in [7, 11) is 1.66. The number of aromatic amines is 1. The maximum absolute atomic E-state index is 12.6. The molecule has 0 bridgehead atoms. The summed E-state index contributed by atoms with van der Waals surface area (Å²) in [5.74, 6) is 2.15. The summed E-state index contributed by atoms with van der Waals surface area (Å²) in [5.41, 5.74) is 4.65. The van der Waals surface area contributed by atoms with E-state index in [-0.39, 0.29) is 5.91 Å². The third kappa shape index (κ3) is 5.91. The van der Waals surface area contributed by atoms with E-state index in [2.05, 4.69) is 20.4 Å². The fourth-order valence-corrected chi connectivity index (χ4v) is 5.41. The van der Waals surface area contributed by atoms with Crippen LogP contribution in [0.5, 0.6) is 5.75 Å². The number of carbonyl (C=O) groups excluding carboxylic acids is 1. The minimum absolute atomic E-state index is 0.102. The molecule has 4 rings (SSSR count). The Labute approximate surface area is 192 Å². The molecule has 0 spiro atoms. The predicted molar refractivity (Wildman–Crippen MR) is 128 cm³/mol. The van der Waals surface area contributed by atoms with Crippen LogP contribution in [0.4, 0.5) is 5.69 Å². The number of hydrogen-bond acceptors (Lipinski definition) is 4. The highest BCUT2D eigenvalue weighted by atomic mass is 16.5. The van der Waals surface area contributed by atoms with E-state index in [0.29, 0.717) is 18.3 Å². The van der Waals surface area contributed by atoms with Crippen molar-refractivity contribution in [3.63, 3.8) is 0 Å².